The van der Waals surface area contributed by atoms with Gasteiger partial charge in [-0.3, -0.25) is 5.41 Å². The fourth-order valence-electron chi connectivity index (χ4n) is 2.95. The highest BCUT2D eigenvalue weighted by molar-refractivity contribution is 6.06. The number of amidine groups is 1. The van der Waals surface area contributed by atoms with Crippen molar-refractivity contribution in [2.75, 3.05) is 0 Å². The van der Waals surface area contributed by atoms with Gasteiger partial charge in [-0.2, -0.15) is 0 Å². The Morgan fingerprint density at radius 2 is 1.95 bits per heavy atom. The van der Waals surface area contributed by atoms with Gasteiger partial charge in [-0.05, 0) is 37.7 Å². The molecule has 110 valence electrons. The molecule has 0 saturated heterocycles. The van der Waals surface area contributed by atoms with Gasteiger partial charge in [0, 0.05) is 17.0 Å². The quantitative estimate of drug-likeness (QED) is 0.669. The second-order valence-electron chi connectivity index (χ2n) is 5.94. The molecular weight excluding hydrogens is 262 g/mol. The number of rotatable bonds is 3. The topological polar surface area (TPSA) is 72.0 Å². The van der Waals surface area contributed by atoms with E-state index in [0.717, 1.165) is 29.7 Å². The maximum absolute atomic E-state index is 7.75. The van der Waals surface area contributed by atoms with Gasteiger partial charge >= 0.3 is 0 Å². The lowest BCUT2D eigenvalue weighted by molar-refractivity contribution is 0.130. The third kappa shape index (κ3) is 2.99. The molecule has 0 amide bonds. The van der Waals surface area contributed by atoms with Crippen molar-refractivity contribution in [3.05, 3.63) is 35.9 Å². The molecule has 3 rings (SSSR count). The summed E-state index contributed by atoms with van der Waals surface area (Å²) in [6.45, 7) is 2.29. The SMILES string of the molecule is CC1CCC(Oc2cc(C(=N)N)c3ccccc3n2)CC1. The van der Waals surface area contributed by atoms with Crippen LogP contribution in [0.4, 0.5) is 0 Å². The zero-order chi connectivity index (χ0) is 14.8. The van der Waals surface area contributed by atoms with Crippen molar-refractivity contribution in [3.8, 4) is 5.88 Å². The first-order valence-corrected chi connectivity index (χ1v) is 7.54. The van der Waals surface area contributed by atoms with Crippen LogP contribution in [0.1, 0.15) is 38.2 Å². The van der Waals surface area contributed by atoms with Crippen LogP contribution in [0.15, 0.2) is 30.3 Å². The predicted octanol–water partition coefficient (Wildman–Crippen LogP) is 3.48. The zero-order valence-electron chi connectivity index (χ0n) is 12.3. The fourth-order valence-corrected chi connectivity index (χ4v) is 2.95. The van der Waals surface area contributed by atoms with Crippen molar-refractivity contribution in [1.29, 1.82) is 5.41 Å². The van der Waals surface area contributed by atoms with E-state index in [0.29, 0.717) is 11.4 Å². The van der Waals surface area contributed by atoms with Crippen LogP contribution in [0.5, 0.6) is 5.88 Å². The summed E-state index contributed by atoms with van der Waals surface area (Å²) in [4.78, 5) is 4.56. The summed E-state index contributed by atoms with van der Waals surface area (Å²) in [5.41, 5.74) is 7.22. The molecule has 4 nitrogen and oxygen atoms in total. The lowest BCUT2D eigenvalue weighted by Gasteiger charge is -2.26. The maximum atomic E-state index is 7.75. The van der Waals surface area contributed by atoms with E-state index in [9.17, 15) is 0 Å². The first kappa shape index (κ1) is 13.9. The van der Waals surface area contributed by atoms with Crippen LogP contribution in [0.25, 0.3) is 10.9 Å². The number of pyridine rings is 1. The van der Waals surface area contributed by atoms with E-state index in [4.69, 9.17) is 15.9 Å². The fraction of sp³-hybridized carbons (Fsp3) is 0.412. The van der Waals surface area contributed by atoms with E-state index in [-0.39, 0.29) is 11.9 Å². The Labute approximate surface area is 124 Å². The molecule has 1 saturated carbocycles. The minimum absolute atomic E-state index is 0.0516. The Morgan fingerprint density at radius 3 is 2.67 bits per heavy atom. The van der Waals surface area contributed by atoms with Gasteiger partial charge in [0.1, 0.15) is 11.9 Å². The smallest absolute Gasteiger partial charge is 0.214 e. The Kier molecular flexibility index (Phi) is 3.78. The normalized spacial score (nSPS) is 22.1. The number of nitrogens with one attached hydrogen (secondary N) is 1. The van der Waals surface area contributed by atoms with Crippen molar-refractivity contribution in [1.82, 2.24) is 4.98 Å². The largest absolute Gasteiger partial charge is 0.474 e. The number of nitrogen functional groups attached to an aromatic ring is 1. The number of para-hydroxylation sites is 1. The first-order valence-electron chi connectivity index (χ1n) is 7.54. The monoisotopic (exact) mass is 283 g/mol. The highest BCUT2D eigenvalue weighted by atomic mass is 16.5. The van der Waals surface area contributed by atoms with E-state index in [1.54, 1.807) is 6.07 Å². The minimum Gasteiger partial charge on any atom is -0.474 e. The van der Waals surface area contributed by atoms with Gasteiger partial charge in [-0.15, -0.1) is 0 Å². The van der Waals surface area contributed by atoms with Crippen molar-refractivity contribution in [2.45, 2.75) is 38.7 Å². The molecule has 0 radical (unpaired) electrons. The molecule has 1 aromatic carbocycles. The summed E-state index contributed by atoms with van der Waals surface area (Å²) >= 11 is 0. The Morgan fingerprint density at radius 1 is 1.24 bits per heavy atom. The van der Waals surface area contributed by atoms with Gasteiger partial charge < -0.3 is 10.5 Å². The number of benzene rings is 1. The van der Waals surface area contributed by atoms with E-state index >= 15 is 0 Å². The van der Waals surface area contributed by atoms with Crippen LogP contribution < -0.4 is 10.5 Å². The van der Waals surface area contributed by atoms with E-state index < -0.39 is 0 Å². The number of ether oxygens (including phenoxy) is 1. The van der Waals surface area contributed by atoms with Gasteiger partial charge in [-0.25, -0.2) is 4.98 Å². The van der Waals surface area contributed by atoms with E-state index in [1.165, 1.54) is 12.8 Å². The van der Waals surface area contributed by atoms with Gasteiger partial charge in [0.25, 0.3) is 0 Å². The van der Waals surface area contributed by atoms with Crippen molar-refractivity contribution in [2.24, 2.45) is 11.7 Å². The van der Waals surface area contributed by atoms with Crippen LogP contribution in [0.3, 0.4) is 0 Å². The number of hydrogen-bond acceptors (Lipinski definition) is 3. The Hall–Kier alpha value is -2.10. The molecule has 0 spiro atoms. The van der Waals surface area contributed by atoms with Crippen molar-refractivity contribution < 1.29 is 4.74 Å². The Balaban J connectivity index is 1.90. The molecule has 1 fully saturated rings. The highest BCUT2D eigenvalue weighted by Crippen LogP contribution is 2.28. The third-order valence-electron chi connectivity index (χ3n) is 4.23. The van der Waals surface area contributed by atoms with Crippen LogP contribution in [0, 0.1) is 11.3 Å². The van der Waals surface area contributed by atoms with Gasteiger partial charge in [-0.1, -0.05) is 25.1 Å². The molecule has 3 N–H and O–H groups in total. The van der Waals surface area contributed by atoms with Crippen LogP contribution in [-0.4, -0.2) is 16.9 Å². The second kappa shape index (κ2) is 5.72. The average Bonchev–Trinajstić information content (AvgIpc) is 2.48. The third-order valence-corrected chi connectivity index (χ3v) is 4.23. The van der Waals surface area contributed by atoms with Crippen LogP contribution >= 0.6 is 0 Å². The standard InChI is InChI=1S/C17H21N3O/c1-11-6-8-12(9-7-11)21-16-10-14(17(18)19)13-4-2-3-5-15(13)20-16/h2-5,10-12H,6-9H2,1H3,(H3,18,19). The maximum Gasteiger partial charge on any atom is 0.214 e. The molecule has 0 aliphatic heterocycles. The Bertz CT molecular complexity index is 660. The summed E-state index contributed by atoms with van der Waals surface area (Å²) in [6.07, 6.45) is 4.79. The van der Waals surface area contributed by atoms with Gasteiger partial charge in [0.05, 0.1) is 5.52 Å². The lowest BCUT2D eigenvalue weighted by atomic mass is 9.89. The molecule has 21 heavy (non-hydrogen) atoms. The van der Waals surface area contributed by atoms with Crippen LogP contribution in [-0.2, 0) is 0 Å². The summed E-state index contributed by atoms with van der Waals surface area (Å²) < 4.78 is 6.04. The molecule has 4 heteroatoms. The summed E-state index contributed by atoms with van der Waals surface area (Å²) in [5, 5.41) is 8.65. The molecule has 1 aliphatic carbocycles. The lowest BCUT2D eigenvalue weighted by Crippen LogP contribution is -2.23. The first-order chi connectivity index (χ1) is 10.1. The number of hydrogen-bond donors (Lipinski definition) is 2. The summed E-state index contributed by atoms with van der Waals surface area (Å²) in [6, 6.07) is 9.52. The summed E-state index contributed by atoms with van der Waals surface area (Å²) in [5.74, 6) is 1.43. The van der Waals surface area contributed by atoms with Crippen molar-refractivity contribution in [3.63, 3.8) is 0 Å². The van der Waals surface area contributed by atoms with E-state index in [1.807, 2.05) is 24.3 Å². The molecule has 1 heterocycles. The molecule has 0 unspecified atom stereocenters. The number of nitrogens with two attached hydrogens (primary N) is 1. The number of fused-ring (bicyclic) bond motifs is 1. The average molecular weight is 283 g/mol. The van der Waals surface area contributed by atoms with Gasteiger partial charge in [0.2, 0.25) is 5.88 Å². The van der Waals surface area contributed by atoms with Crippen molar-refractivity contribution >= 4 is 16.7 Å². The molecule has 1 aromatic heterocycles. The molecule has 0 atom stereocenters. The molecule has 2 aromatic rings. The second-order valence-corrected chi connectivity index (χ2v) is 5.94. The van der Waals surface area contributed by atoms with E-state index in [2.05, 4.69) is 11.9 Å². The molecule has 0 bridgehead atoms. The van der Waals surface area contributed by atoms with Crippen LogP contribution in [0.2, 0.25) is 0 Å². The predicted molar refractivity (Wildman–Crippen MR) is 84.8 cm³/mol. The minimum atomic E-state index is 0.0516. The summed E-state index contributed by atoms with van der Waals surface area (Å²) in [7, 11) is 0. The zero-order valence-corrected chi connectivity index (χ0v) is 12.3. The van der Waals surface area contributed by atoms with Gasteiger partial charge in [0.15, 0.2) is 0 Å². The number of nitrogens with zero attached hydrogens (tertiary/aromatic N) is 1. The highest BCUT2D eigenvalue weighted by Gasteiger charge is 2.20. The molecular formula is C17H21N3O. The molecule has 1 aliphatic rings. The number of aromatic nitrogens is 1.